The van der Waals surface area contributed by atoms with E-state index in [1.807, 2.05) is 48.5 Å². The quantitative estimate of drug-likeness (QED) is 0.167. The summed E-state index contributed by atoms with van der Waals surface area (Å²) in [7, 11) is 0. The highest BCUT2D eigenvalue weighted by Crippen LogP contribution is 2.45. The van der Waals surface area contributed by atoms with E-state index in [2.05, 4.69) is 109 Å². The summed E-state index contributed by atoms with van der Waals surface area (Å²) in [4.78, 5) is 4.91. The normalized spacial score (nSPS) is 12.9. The maximum atomic E-state index is 9.04. The van der Waals surface area contributed by atoms with Gasteiger partial charge in [-0.3, -0.25) is 4.57 Å². The average Bonchev–Trinajstić information content (AvgIpc) is 3.61. The SMILES string of the molecule is [2H]c1c([2H])c([2H])c(-c2c3ccccc3c(-c3cccc(-c4cccc(-n5c(CC)nc6ccccc65)c4)c3)c3ccc(-c4ccccc4)cc23)c([2H])c1[2H]. The van der Waals surface area contributed by atoms with Crippen molar-refractivity contribution in [3.63, 3.8) is 0 Å². The lowest BCUT2D eigenvalue weighted by Gasteiger charge is -2.19. The smallest absolute Gasteiger partial charge is 0.114 e. The topological polar surface area (TPSA) is 17.8 Å². The first-order valence-corrected chi connectivity index (χ1v) is 16.6. The van der Waals surface area contributed by atoms with Crippen LogP contribution in [0, 0.1) is 0 Å². The van der Waals surface area contributed by atoms with Crippen molar-refractivity contribution in [2.45, 2.75) is 13.3 Å². The Bertz CT molecular complexity index is 2900. The summed E-state index contributed by atoms with van der Waals surface area (Å²) < 4.78 is 45.8. The number of benzene rings is 8. The summed E-state index contributed by atoms with van der Waals surface area (Å²) in [6.45, 7) is 2.13. The minimum atomic E-state index is -0.406. The van der Waals surface area contributed by atoms with Crippen LogP contribution in [-0.4, -0.2) is 9.55 Å². The summed E-state index contributed by atoms with van der Waals surface area (Å²) in [5.74, 6) is 1.01. The Morgan fingerprint density at radius 1 is 0.490 bits per heavy atom. The van der Waals surface area contributed by atoms with Crippen molar-refractivity contribution in [1.82, 2.24) is 9.55 Å². The van der Waals surface area contributed by atoms with Crippen LogP contribution in [0.5, 0.6) is 0 Å². The van der Waals surface area contributed by atoms with Gasteiger partial charge in [-0.2, -0.15) is 0 Å². The molecule has 0 bridgehead atoms. The molecule has 2 heteroatoms. The molecule has 0 spiro atoms. The molecule has 1 aromatic heterocycles. The van der Waals surface area contributed by atoms with Gasteiger partial charge in [-0.25, -0.2) is 4.98 Å². The second-order valence-electron chi connectivity index (χ2n) is 12.3. The zero-order valence-corrected chi connectivity index (χ0v) is 27.0. The van der Waals surface area contributed by atoms with E-state index in [4.69, 9.17) is 11.8 Å². The molecular formula is C47H34N2. The van der Waals surface area contributed by atoms with Crippen LogP contribution in [0.15, 0.2) is 176 Å². The molecule has 0 unspecified atom stereocenters. The number of fused-ring (bicyclic) bond motifs is 3. The lowest BCUT2D eigenvalue weighted by Crippen LogP contribution is -2.00. The lowest BCUT2D eigenvalue weighted by molar-refractivity contribution is 0.908. The van der Waals surface area contributed by atoms with Crippen LogP contribution in [-0.2, 0) is 6.42 Å². The molecule has 0 aliphatic heterocycles. The molecule has 9 aromatic rings. The van der Waals surface area contributed by atoms with Gasteiger partial charge in [0, 0.05) is 12.1 Å². The van der Waals surface area contributed by atoms with E-state index in [1.54, 1.807) is 0 Å². The van der Waals surface area contributed by atoms with Gasteiger partial charge in [-0.1, -0.05) is 146 Å². The number of hydrogen-bond acceptors (Lipinski definition) is 1. The fraction of sp³-hybridized carbons (Fsp3) is 0.0426. The molecule has 1 heterocycles. The molecule has 0 atom stereocenters. The molecule has 2 nitrogen and oxygen atoms in total. The predicted molar refractivity (Wildman–Crippen MR) is 207 cm³/mol. The molecule has 0 aliphatic carbocycles. The highest BCUT2D eigenvalue weighted by molar-refractivity contribution is 6.22. The van der Waals surface area contributed by atoms with E-state index in [-0.39, 0.29) is 29.7 Å². The van der Waals surface area contributed by atoms with Gasteiger partial charge in [0.2, 0.25) is 0 Å². The van der Waals surface area contributed by atoms with Crippen LogP contribution in [0.2, 0.25) is 0 Å². The summed E-state index contributed by atoms with van der Waals surface area (Å²) in [5, 5.41) is 3.49. The van der Waals surface area contributed by atoms with Gasteiger partial charge >= 0.3 is 0 Å². The third kappa shape index (κ3) is 5.01. The maximum absolute atomic E-state index is 9.04. The van der Waals surface area contributed by atoms with Crippen molar-refractivity contribution in [3.05, 3.63) is 182 Å². The number of nitrogens with zero attached hydrogens (tertiary/aromatic N) is 2. The van der Waals surface area contributed by atoms with E-state index in [9.17, 15) is 0 Å². The van der Waals surface area contributed by atoms with E-state index < -0.39 is 6.04 Å². The second-order valence-corrected chi connectivity index (χ2v) is 12.3. The van der Waals surface area contributed by atoms with Crippen LogP contribution < -0.4 is 0 Å². The Labute approximate surface area is 293 Å². The zero-order valence-electron chi connectivity index (χ0n) is 32.0. The van der Waals surface area contributed by atoms with Gasteiger partial charge in [0.25, 0.3) is 0 Å². The summed E-state index contributed by atoms with van der Waals surface area (Å²) in [6, 6.07) is 48.3. The minimum absolute atomic E-state index is 0.197. The summed E-state index contributed by atoms with van der Waals surface area (Å²) in [6.07, 6.45) is 0.805. The van der Waals surface area contributed by atoms with Crippen molar-refractivity contribution >= 4 is 32.6 Å². The number of rotatable bonds is 6. The fourth-order valence-electron chi connectivity index (χ4n) is 7.22. The molecule has 0 saturated carbocycles. The highest BCUT2D eigenvalue weighted by atomic mass is 15.1. The van der Waals surface area contributed by atoms with Crippen LogP contribution in [0.25, 0.3) is 82.8 Å². The molecular weight excluding hydrogens is 593 g/mol. The van der Waals surface area contributed by atoms with Gasteiger partial charge in [0.05, 0.1) is 17.9 Å². The molecule has 0 fully saturated rings. The first kappa shape index (κ1) is 24.0. The number of imidazole rings is 1. The third-order valence-electron chi connectivity index (χ3n) is 9.42. The predicted octanol–water partition coefficient (Wildman–Crippen LogP) is 12.6. The van der Waals surface area contributed by atoms with Crippen LogP contribution in [0.1, 0.15) is 19.6 Å². The summed E-state index contributed by atoms with van der Waals surface area (Å²) >= 11 is 0. The van der Waals surface area contributed by atoms with Crippen LogP contribution in [0.4, 0.5) is 0 Å². The number of aromatic nitrogens is 2. The van der Waals surface area contributed by atoms with Gasteiger partial charge in [0.1, 0.15) is 5.82 Å². The number of hydrogen-bond donors (Lipinski definition) is 0. The molecule has 8 aromatic carbocycles. The lowest BCUT2D eigenvalue weighted by atomic mass is 9.84. The van der Waals surface area contributed by atoms with Gasteiger partial charge in [-0.15, -0.1) is 0 Å². The first-order chi connectivity index (χ1) is 26.3. The van der Waals surface area contributed by atoms with Crippen molar-refractivity contribution in [2.24, 2.45) is 0 Å². The molecule has 0 N–H and O–H groups in total. The van der Waals surface area contributed by atoms with Crippen molar-refractivity contribution < 1.29 is 6.85 Å². The maximum Gasteiger partial charge on any atom is 0.114 e. The van der Waals surface area contributed by atoms with Crippen molar-refractivity contribution in [3.8, 4) is 50.2 Å². The molecule has 0 amide bonds. The van der Waals surface area contributed by atoms with Crippen LogP contribution >= 0.6 is 0 Å². The zero-order chi connectivity index (χ0) is 37.1. The van der Waals surface area contributed by atoms with Crippen molar-refractivity contribution in [2.75, 3.05) is 0 Å². The largest absolute Gasteiger partial charge is 0.296 e. The average molecular weight is 632 g/mol. The Morgan fingerprint density at radius 2 is 1.10 bits per heavy atom. The van der Waals surface area contributed by atoms with E-state index >= 15 is 0 Å². The molecule has 49 heavy (non-hydrogen) atoms. The Balaban J connectivity index is 1.30. The highest BCUT2D eigenvalue weighted by Gasteiger charge is 2.18. The minimum Gasteiger partial charge on any atom is -0.296 e. The Hall–Kier alpha value is -6.25. The third-order valence-corrected chi connectivity index (χ3v) is 9.42. The van der Waals surface area contributed by atoms with Crippen molar-refractivity contribution in [1.29, 1.82) is 0 Å². The second kappa shape index (κ2) is 12.1. The molecule has 0 saturated heterocycles. The Kier molecular flexibility index (Phi) is 5.91. The van der Waals surface area contributed by atoms with Crippen LogP contribution in [0.3, 0.4) is 0 Å². The summed E-state index contributed by atoms with van der Waals surface area (Å²) in [5.41, 5.74) is 10.1. The molecule has 232 valence electrons. The standard InChI is InChI=1S/C47H34N2/c1-2-45-48-43-25-11-12-26-44(43)49(45)38-22-14-20-35(30-38)34-19-13-21-37(29-34)47-40-24-10-9-23-39(40)46(33-17-7-4-8-18-33)42-31-36(27-28-41(42)47)32-15-5-3-6-16-32/h3-31H,2H2,1H3/i4D,7D,8D,17D,18D. The number of aryl methyl sites for hydroxylation is 1. The molecule has 9 rings (SSSR count). The van der Waals surface area contributed by atoms with E-state index in [1.165, 1.54) is 0 Å². The molecule has 0 aliphatic rings. The number of para-hydroxylation sites is 2. The first-order valence-electron chi connectivity index (χ1n) is 19.1. The van der Waals surface area contributed by atoms with Gasteiger partial charge < -0.3 is 0 Å². The molecule has 0 radical (unpaired) electrons. The van der Waals surface area contributed by atoms with E-state index in [0.717, 1.165) is 83.9 Å². The Morgan fingerprint density at radius 3 is 1.90 bits per heavy atom. The van der Waals surface area contributed by atoms with Gasteiger partial charge in [-0.05, 0) is 102 Å². The fourth-order valence-corrected chi connectivity index (χ4v) is 7.22. The monoisotopic (exact) mass is 631 g/mol. The van der Waals surface area contributed by atoms with Gasteiger partial charge in [0.15, 0.2) is 0 Å². The van der Waals surface area contributed by atoms with E-state index in [0.29, 0.717) is 5.56 Å².